The van der Waals surface area contributed by atoms with Crippen LogP contribution in [0.5, 0.6) is 5.88 Å². The van der Waals surface area contributed by atoms with Gasteiger partial charge in [-0.05, 0) is 37.7 Å². The molecule has 1 aliphatic rings. The van der Waals surface area contributed by atoms with Crippen molar-refractivity contribution in [3.05, 3.63) is 17.3 Å². The van der Waals surface area contributed by atoms with Crippen LogP contribution < -0.4 is 10.5 Å². The number of ether oxygens (including phenoxy) is 1. The van der Waals surface area contributed by atoms with E-state index in [-0.39, 0.29) is 6.10 Å². The maximum atomic E-state index is 6.11. The zero-order chi connectivity index (χ0) is 14.1. The van der Waals surface area contributed by atoms with Gasteiger partial charge in [0, 0.05) is 10.9 Å². The van der Waals surface area contributed by atoms with E-state index in [1.54, 1.807) is 17.7 Å². The van der Waals surface area contributed by atoms with Gasteiger partial charge in [0.05, 0.1) is 5.39 Å². The third-order valence-electron chi connectivity index (χ3n) is 3.88. The highest BCUT2D eigenvalue weighted by Crippen LogP contribution is 2.34. The Balaban J connectivity index is 1.84. The number of hydrogen-bond donors (Lipinski definition) is 1. The van der Waals surface area contributed by atoms with Gasteiger partial charge in [-0.15, -0.1) is 11.3 Å². The fourth-order valence-electron chi connectivity index (χ4n) is 2.60. The monoisotopic (exact) mass is 291 g/mol. The second kappa shape index (κ2) is 5.66. The van der Waals surface area contributed by atoms with Crippen LogP contribution in [0, 0.1) is 0 Å². The van der Waals surface area contributed by atoms with Crippen LogP contribution in [0.1, 0.15) is 50.3 Å². The molecule has 108 valence electrons. The highest BCUT2D eigenvalue weighted by molar-refractivity contribution is 7.18. The molecule has 0 unspecified atom stereocenters. The molecule has 2 aromatic heterocycles. The smallest absolute Gasteiger partial charge is 0.225 e. The Morgan fingerprint density at radius 2 is 2.00 bits per heavy atom. The first kappa shape index (κ1) is 13.8. The Labute approximate surface area is 123 Å². The van der Waals surface area contributed by atoms with E-state index in [1.807, 2.05) is 0 Å². The lowest BCUT2D eigenvalue weighted by Gasteiger charge is -2.26. The van der Waals surface area contributed by atoms with Crippen molar-refractivity contribution in [3.8, 4) is 5.88 Å². The highest BCUT2D eigenvalue weighted by atomic mass is 32.1. The normalized spacial score (nSPS) is 23.4. The average Bonchev–Trinajstić information content (AvgIpc) is 2.87. The third kappa shape index (κ3) is 2.79. The molecule has 1 fully saturated rings. The minimum Gasteiger partial charge on any atom is -0.474 e. The number of fused-ring (bicyclic) bond motifs is 1. The summed E-state index contributed by atoms with van der Waals surface area (Å²) in [6.07, 6.45) is 5.98. The van der Waals surface area contributed by atoms with E-state index in [9.17, 15) is 0 Å². The van der Waals surface area contributed by atoms with E-state index < -0.39 is 0 Å². The maximum Gasteiger partial charge on any atom is 0.225 e. The van der Waals surface area contributed by atoms with E-state index in [0.29, 0.717) is 12.0 Å². The van der Waals surface area contributed by atoms with Crippen LogP contribution >= 0.6 is 11.3 Å². The Hall–Kier alpha value is -1.20. The summed E-state index contributed by atoms with van der Waals surface area (Å²) in [5, 5.41) is 1.05. The number of nitrogens with zero attached hydrogens (tertiary/aromatic N) is 2. The van der Waals surface area contributed by atoms with Gasteiger partial charge in [-0.3, -0.25) is 0 Å². The lowest BCUT2D eigenvalue weighted by molar-refractivity contribution is 0.143. The SMILES string of the molecule is CC(C)c1cc2c(O[C@H]3CC[C@H](N)CC3)ncnc2s1. The summed E-state index contributed by atoms with van der Waals surface area (Å²) in [6, 6.07) is 2.52. The fourth-order valence-corrected chi connectivity index (χ4v) is 3.59. The number of thiophene rings is 1. The minimum absolute atomic E-state index is 0.246. The second-order valence-corrected chi connectivity index (χ2v) is 6.92. The van der Waals surface area contributed by atoms with Gasteiger partial charge in [0.2, 0.25) is 5.88 Å². The standard InChI is InChI=1S/C15H21N3OS/c1-9(2)13-7-12-14(17-8-18-15(12)20-13)19-11-5-3-10(16)4-6-11/h7-11H,3-6,16H2,1-2H3/t10-,11-. The average molecular weight is 291 g/mol. The molecule has 2 heterocycles. The fraction of sp³-hybridized carbons (Fsp3) is 0.600. The van der Waals surface area contributed by atoms with Gasteiger partial charge in [0.1, 0.15) is 17.3 Å². The van der Waals surface area contributed by atoms with Gasteiger partial charge < -0.3 is 10.5 Å². The molecule has 5 heteroatoms. The Morgan fingerprint density at radius 1 is 1.25 bits per heavy atom. The zero-order valence-corrected chi connectivity index (χ0v) is 12.8. The summed E-state index contributed by atoms with van der Waals surface area (Å²) in [5.41, 5.74) is 5.94. The summed E-state index contributed by atoms with van der Waals surface area (Å²) in [7, 11) is 0. The molecule has 0 aliphatic heterocycles. The molecule has 20 heavy (non-hydrogen) atoms. The highest BCUT2D eigenvalue weighted by Gasteiger charge is 2.21. The number of rotatable bonds is 3. The molecule has 0 aromatic carbocycles. The van der Waals surface area contributed by atoms with Crippen molar-refractivity contribution >= 4 is 21.6 Å². The third-order valence-corrected chi connectivity index (χ3v) is 5.22. The van der Waals surface area contributed by atoms with Crippen molar-refractivity contribution in [2.24, 2.45) is 5.73 Å². The molecular weight excluding hydrogens is 270 g/mol. The zero-order valence-electron chi connectivity index (χ0n) is 12.0. The van der Waals surface area contributed by atoms with Crippen LogP contribution in [-0.4, -0.2) is 22.1 Å². The first-order valence-corrected chi connectivity index (χ1v) is 8.12. The first-order valence-electron chi connectivity index (χ1n) is 7.30. The lowest BCUT2D eigenvalue weighted by atomic mass is 9.94. The van der Waals surface area contributed by atoms with Gasteiger partial charge >= 0.3 is 0 Å². The first-order chi connectivity index (χ1) is 9.63. The van der Waals surface area contributed by atoms with Gasteiger partial charge in [-0.25, -0.2) is 9.97 Å². The Kier molecular flexibility index (Phi) is 3.89. The second-order valence-electron chi connectivity index (χ2n) is 5.86. The van der Waals surface area contributed by atoms with Crippen LogP contribution in [0.3, 0.4) is 0 Å². The molecule has 2 aromatic rings. The largest absolute Gasteiger partial charge is 0.474 e. The quantitative estimate of drug-likeness (QED) is 0.940. The molecule has 2 N–H and O–H groups in total. The molecule has 0 saturated heterocycles. The molecule has 1 saturated carbocycles. The summed E-state index contributed by atoms with van der Waals surface area (Å²) in [5.74, 6) is 1.24. The number of hydrogen-bond acceptors (Lipinski definition) is 5. The van der Waals surface area contributed by atoms with Gasteiger partial charge in [0.25, 0.3) is 0 Å². The van der Waals surface area contributed by atoms with Crippen molar-refractivity contribution < 1.29 is 4.74 Å². The van der Waals surface area contributed by atoms with Crippen molar-refractivity contribution in [3.63, 3.8) is 0 Å². The van der Waals surface area contributed by atoms with Crippen molar-refractivity contribution in [1.82, 2.24) is 9.97 Å². The number of nitrogens with two attached hydrogens (primary N) is 1. The molecule has 0 radical (unpaired) electrons. The Bertz CT molecular complexity index is 588. The van der Waals surface area contributed by atoms with Crippen LogP contribution in [-0.2, 0) is 0 Å². The van der Waals surface area contributed by atoms with E-state index >= 15 is 0 Å². The Morgan fingerprint density at radius 3 is 2.70 bits per heavy atom. The van der Waals surface area contributed by atoms with Crippen LogP contribution in [0.15, 0.2) is 12.4 Å². The predicted molar refractivity (Wildman–Crippen MR) is 82.4 cm³/mol. The van der Waals surface area contributed by atoms with E-state index in [4.69, 9.17) is 10.5 Å². The topological polar surface area (TPSA) is 61.0 Å². The van der Waals surface area contributed by atoms with Crippen LogP contribution in [0.2, 0.25) is 0 Å². The van der Waals surface area contributed by atoms with E-state index in [2.05, 4.69) is 29.9 Å². The maximum absolute atomic E-state index is 6.11. The van der Waals surface area contributed by atoms with Crippen molar-refractivity contribution in [2.75, 3.05) is 0 Å². The van der Waals surface area contributed by atoms with Crippen LogP contribution in [0.4, 0.5) is 0 Å². The van der Waals surface area contributed by atoms with Gasteiger partial charge in [-0.2, -0.15) is 0 Å². The van der Waals surface area contributed by atoms with Crippen molar-refractivity contribution in [2.45, 2.75) is 57.6 Å². The minimum atomic E-state index is 0.246. The summed E-state index contributed by atoms with van der Waals surface area (Å²) in [4.78, 5) is 11.0. The molecule has 3 rings (SSSR count). The van der Waals surface area contributed by atoms with E-state index in [0.717, 1.165) is 41.8 Å². The van der Waals surface area contributed by atoms with Crippen molar-refractivity contribution in [1.29, 1.82) is 0 Å². The van der Waals surface area contributed by atoms with E-state index in [1.165, 1.54) is 4.88 Å². The molecule has 4 nitrogen and oxygen atoms in total. The lowest BCUT2D eigenvalue weighted by Crippen LogP contribution is -2.31. The van der Waals surface area contributed by atoms with Gasteiger partial charge in [0.15, 0.2) is 0 Å². The summed E-state index contributed by atoms with van der Waals surface area (Å²) >= 11 is 1.73. The summed E-state index contributed by atoms with van der Waals surface area (Å²) < 4.78 is 6.11. The van der Waals surface area contributed by atoms with Gasteiger partial charge in [-0.1, -0.05) is 13.8 Å². The van der Waals surface area contributed by atoms with Crippen LogP contribution in [0.25, 0.3) is 10.2 Å². The molecule has 0 spiro atoms. The molecule has 1 aliphatic carbocycles. The predicted octanol–water partition coefficient (Wildman–Crippen LogP) is 3.46. The molecular formula is C15H21N3OS. The number of aromatic nitrogens is 2. The molecule has 0 bridgehead atoms. The molecule has 0 amide bonds. The molecule has 0 atom stereocenters. The summed E-state index contributed by atoms with van der Waals surface area (Å²) in [6.45, 7) is 4.39.